The first-order valence-electron chi connectivity index (χ1n) is 22.4. The number of ether oxygens (including phenoxy) is 2. The summed E-state index contributed by atoms with van der Waals surface area (Å²) in [5.41, 5.74) is 0. The monoisotopic (exact) mass is 747 g/mol. The van der Waals surface area contributed by atoms with Crippen LogP contribution in [0, 0.1) is 0 Å². The third kappa shape index (κ3) is 43.8. The third-order valence-corrected chi connectivity index (χ3v) is 10.6. The molecule has 0 heterocycles. The molecule has 0 radical (unpaired) electrons. The lowest BCUT2D eigenvalue weighted by atomic mass is 10.0. The molecule has 0 aliphatic heterocycles. The van der Waals surface area contributed by atoms with Gasteiger partial charge in [0.25, 0.3) is 0 Å². The lowest BCUT2D eigenvalue weighted by molar-refractivity contribution is -0.154. The first-order valence-corrected chi connectivity index (χ1v) is 23.9. The van der Waals surface area contributed by atoms with Gasteiger partial charge in [0.05, 0.1) is 13.2 Å². The van der Waals surface area contributed by atoms with Crippen molar-refractivity contribution >= 4 is 13.8 Å². The summed E-state index contributed by atoms with van der Waals surface area (Å²) in [4.78, 5) is 30.7. The Balaban J connectivity index is 3.71. The summed E-state index contributed by atoms with van der Waals surface area (Å²) >= 11 is 0. The Labute approximate surface area is 317 Å². The molecule has 51 heavy (non-hydrogen) atoms. The van der Waals surface area contributed by atoms with Gasteiger partial charge in [-0.2, -0.15) is 0 Å². The van der Waals surface area contributed by atoms with Gasteiger partial charge in [-0.15, -0.1) is 0 Å². The SMILES string of the molecule is CCCCCCCCCCCCCCCCCCCCCC(=O)O[C@H](COCCCCCCCCCCCCCCCCCC)COP(=O)(O)O. The van der Waals surface area contributed by atoms with E-state index in [1.807, 2.05) is 0 Å². The van der Waals surface area contributed by atoms with Crippen molar-refractivity contribution in [1.29, 1.82) is 0 Å². The van der Waals surface area contributed by atoms with Gasteiger partial charge in [-0.3, -0.25) is 9.32 Å². The molecule has 0 amide bonds. The Morgan fingerprint density at radius 2 is 0.745 bits per heavy atom. The summed E-state index contributed by atoms with van der Waals surface area (Å²) in [5, 5.41) is 0. The summed E-state index contributed by atoms with van der Waals surface area (Å²) in [7, 11) is -4.65. The molecular formula is C43H87O7P. The summed E-state index contributed by atoms with van der Waals surface area (Å²) < 4.78 is 27.0. The highest BCUT2D eigenvalue weighted by Crippen LogP contribution is 2.36. The Morgan fingerprint density at radius 1 is 0.451 bits per heavy atom. The van der Waals surface area contributed by atoms with Gasteiger partial charge in [-0.25, -0.2) is 4.57 Å². The minimum absolute atomic E-state index is 0.0870. The molecule has 0 spiro atoms. The Hall–Kier alpha value is -0.460. The van der Waals surface area contributed by atoms with Crippen LogP contribution in [0.1, 0.15) is 245 Å². The van der Waals surface area contributed by atoms with Crippen LogP contribution in [0.5, 0.6) is 0 Å². The normalized spacial score (nSPS) is 12.5. The zero-order chi connectivity index (χ0) is 37.4. The Bertz CT molecular complexity index is 744. The minimum Gasteiger partial charge on any atom is -0.457 e. The van der Waals surface area contributed by atoms with E-state index in [4.69, 9.17) is 19.3 Å². The van der Waals surface area contributed by atoms with E-state index in [-0.39, 0.29) is 19.2 Å². The maximum absolute atomic E-state index is 12.4. The molecular weight excluding hydrogens is 659 g/mol. The highest BCUT2D eigenvalue weighted by Gasteiger charge is 2.21. The van der Waals surface area contributed by atoms with Crippen molar-refractivity contribution in [2.24, 2.45) is 0 Å². The van der Waals surface area contributed by atoms with Gasteiger partial charge in [-0.05, 0) is 12.8 Å². The average molecular weight is 747 g/mol. The number of carbonyl (C=O) groups excluding carboxylic acids is 1. The summed E-state index contributed by atoms with van der Waals surface area (Å²) in [5.74, 6) is -0.354. The molecule has 306 valence electrons. The zero-order valence-electron chi connectivity index (χ0n) is 34.0. The molecule has 0 bridgehead atoms. The highest BCUT2D eigenvalue weighted by atomic mass is 31.2. The van der Waals surface area contributed by atoms with Gasteiger partial charge in [0, 0.05) is 13.0 Å². The van der Waals surface area contributed by atoms with Gasteiger partial charge < -0.3 is 19.3 Å². The quantitative estimate of drug-likeness (QED) is 0.0364. The van der Waals surface area contributed by atoms with Crippen molar-refractivity contribution < 1.29 is 33.1 Å². The first kappa shape index (κ1) is 50.5. The van der Waals surface area contributed by atoms with Crippen LogP contribution in [-0.2, 0) is 23.4 Å². The molecule has 8 heteroatoms. The van der Waals surface area contributed by atoms with E-state index in [0.717, 1.165) is 32.1 Å². The van der Waals surface area contributed by atoms with Crippen molar-refractivity contribution in [1.82, 2.24) is 0 Å². The van der Waals surface area contributed by atoms with Crippen LogP contribution in [-0.4, -0.2) is 41.7 Å². The molecule has 0 aliphatic rings. The van der Waals surface area contributed by atoms with Gasteiger partial charge in [0.2, 0.25) is 0 Å². The van der Waals surface area contributed by atoms with E-state index in [1.165, 1.54) is 193 Å². The second kappa shape index (κ2) is 40.7. The standard InChI is InChI=1S/C43H87O7P/c1-3-5-7-9-11-13-15-17-19-21-22-23-24-26-28-30-32-34-36-38-43(44)50-42(41-49-51(45,46)47)40-48-39-37-35-33-31-29-27-25-20-18-16-14-12-10-8-6-4-2/h42H,3-41H2,1-2H3,(H2,45,46,47)/t42-/m1/s1. The fraction of sp³-hybridized carbons (Fsp3) is 0.977. The number of hydrogen-bond donors (Lipinski definition) is 2. The third-order valence-electron chi connectivity index (χ3n) is 10.2. The second-order valence-electron chi connectivity index (χ2n) is 15.4. The summed E-state index contributed by atoms with van der Waals surface area (Å²) in [6, 6.07) is 0. The largest absolute Gasteiger partial charge is 0.469 e. The lowest BCUT2D eigenvalue weighted by Gasteiger charge is -2.18. The molecule has 0 aromatic rings. The van der Waals surface area contributed by atoms with Gasteiger partial charge in [-0.1, -0.05) is 226 Å². The number of hydrogen-bond acceptors (Lipinski definition) is 5. The molecule has 2 N–H and O–H groups in total. The number of rotatable bonds is 43. The fourth-order valence-corrected chi connectivity index (χ4v) is 7.22. The first-order chi connectivity index (χ1) is 24.9. The molecule has 0 saturated carbocycles. The highest BCUT2D eigenvalue weighted by molar-refractivity contribution is 7.46. The van der Waals surface area contributed by atoms with Gasteiger partial charge in [0.15, 0.2) is 0 Å². The molecule has 0 saturated heterocycles. The molecule has 7 nitrogen and oxygen atoms in total. The fourth-order valence-electron chi connectivity index (χ4n) is 6.86. The predicted octanol–water partition coefficient (Wildman–Crippen LogP) is 14.1. The van der Waals surface area contributed by atoms with Crippen LogP contribution in [0.15, 0.2) is 0 Å². The van der Waals surface area contributed by atoms with Crippen molar-refractivity contribution in [2.45, 2.75) is 251 Å². The summed E-state index contributed by atoms with van der Waals surface area (Å²) in [6.45, 7) is 4.81. The van der Waals surface area contributed by atoms with Crippen LogP contribution in [0.2, 0.25) is 0 Å². The van der Waals surface area contributed by atoms with E-state index < -0.39 is 13.9 Å². The Kier molecular flexibility index (Phi) is 40.4. The molecule has 0 aromatic carbocycles. The lowest BCUT2D eigenvalue weighted by Crippen LogP contribution is -2.28. The number of carbonyl (C=O) groups is 1. The predicted molar refractivity (Wildman–Crippen MR) is 216 cm³/mol. The number of unbranched alkanes of at least 4 members (excludes halogenated alkanes) is 33. The molecule has 0 unspecified atom stereocenters. The maximum atomic E-state index is 12.4. The second-order valence-corrected chi connectivity index (χ2v) is 16.6. The van der Waals surface area contributed by atoms with Crippen LogP contribution >= 0.6 is 7.82 Å². The zero-order valence-corrected chi connectivity index (χ0v) is 34.9. The maximum Gasteiger partial charge on any atom is 0.469 e. The minimum atomic E-state index is -4.65. The van der Waals surface area contributed by atoms with Crippen molar-refractivity contribution in [3.8, 4) is 0 Å². The number of phosphoric ester groups is 1. The van der Waals surface area contributed by atoms with E-state index in [1.54, 1.807) is 0 Å². The van der Waals surface area contributed by atoms with Crippen LogP contribution in [0.25, 0.3) is 0 Å². The van der Waals surface area contributed by atoms with E-state index in [2.05, 4.69) is 18.4 Å². The molecule has 0 aliphatic carbocycles. The van der Waals surface area contributed by atoms with Gasteiger partial charge in [0.1, 0.15) is 6.10 Å². The molecule has 0 aromatic heterocycles. The topological polar surface area (TPSA) is 102 Å². The van der Waals surface area contributed by atoms with Gasteiger partial charge >= 0.3 is 13.8 Å². The average Bonchev–Trinajstić information content (AvgIpc) is 3.10. The molecule has 1 atom stereocenters. The van der Waals surface area contributed by atoms with Crippen molar-refractivity contribution in [3.63, 3.8) is 0 Å². The molecule has 0 rings (SSSR count). The van der Waals surface area contributed by atoms with Crippen molar-refractivity contribution in [3.05, 3.63) is 0 Å². The van der Waals surface area contributed by atoms with Crippen LogP contribution in [0.4, 0.5) is 0 Å². The van der Waals surface area contributed by atoms with E-state index >= 15 is 0 Å². The van der Waals surface area contributed by atoms with Crippen molar-refractivity contribution in [2.75, 3.05) is 19.8 Å². The Morgan fingerprint density at radius 3 is 1.06 bits per heavy atom. The summed E-state index contributed by atoms with van der Waals surface area (Å²) in [6.07, 6.45) is 45.3. The van der Waals surface area contributed by atoms with Crippen LogP contribution < -0.4 is 0 Å². The van der Waals surface area contributed by atoms with Crippen LogP contribution in [0.3, 0.4) is 0 Å². The molecule has 0 fully saturated rings. The van der Waals surface area contributed by atoms with E-state index in [0.29, 0.717) is 13.0 Å². The smallest absolute Gasteiger partial charge is 0.457 e. The van der Waals surface area contributed by atoms with E-state index in [9.17, 15) is 9.36 Å². The number of esters is 1. The number of phosphoric acid groups is 1.